The second kappa shape index (κ2) is 6.92. The molecule has 2 rings (SSSR count). The van der Waals surface area contributed by atoms with Gasteiger partial charge in [-0.05, 0) is 37.3 Å². The molecule has 4 nitrogen and oxygen atoms in total. The molecule has 2 aromatic rings. The monoisotopic (exact) mass is 363 g/mol. The van der Waals surface area contributed by atoms with Crippen molar-refractivity contribution in [3.8, 4) is 5.69 Å². The highest BCUT2D eigenvalue weighted by Gasteiger charge is 2.18. The van der Waals surface area contributed by atoms with Crippen LogP contribution in [0.2, 0.25) is 0 Å². The molecule has 0 N–H and O–H groups in total. The van der Waals surface area contributed by atoms with Crippen LogP contribution in [-0.2, 0) is 10.1 Å². The zero-order valence-electron chi connectivity index (χ0n) is 11.8. The lowest BCUT2D eigenvalue weighted by Gasteiger charge is -2.16. The molecule has 7 heteroatoms. The van der Waals surface area contributed by atoms with E-state index in [1.54, 1.807) is 6.92 Å². The third-order valence-electron chi connectivity index (χ3n) is 3.04. The average Bonchev–Trinajstić information content (AvgIpc) is 2.50. The van der Waals surface area contributed by atoms with E-state index < -0.39 is 17.3 Å². The number of hydrogen-bond acceptors (Lipinski definition) is 3. The van der Waals surface area contributed by atoms with Gasteiger partial charge < -0.3 is 4.74 Å². The number of halogens is 2. The van der Waals surface area contributed by atoms with E-state index in [9.17, 15) is 14.0 Å². The summed E-state index contributed by atoms with van der Waals surface area (Å²) in [4.78, 5) is 24.5. The Hall–Kier alpha value is -1.89. The molecule has 1 heterocycles. The molecule has 0 fully saturated rings. The lowest BCUT2D eigenvalue weighted by Crippen LogP contribution is -2.34. The predicted molar refractivity (Wildman–Crippen MR) is 86.0 cm³/mol. The first-order valence-corrected chi connectivity index (χ1v) is 7.65. The Balaban J connectivity index is 2.72. The summed E-state index contributed by atoms with van der Waals surface area (Å²) in [5.41, 5.74) is 0.439. The van der Waals surface area contributed by atoms with Gasteiger partial charge in [0.05, 0.1) is 6.61 Å². The van der Waals surface area contributed by atoms with Gasteiger partial charge in [0.2, 0.25) is 0 Å². The molecule has 0 aliphatic carbocycles. The molecule has 2 radical (unpaired) electrons. The van der Waals surface area contributed by atoms with Gasteiger partial charge in [-0.3, -0.25) is 9.36 Å². The predicted octanol–water partition coefficient (Wildman–Crippen LogP) is 1.84. The smallest absolute Gasteiger partial charge is 0.343 e. The Morgan fingerprint density at radius 1 is 1.36 bits per heavy atom. The van der Waals surface area contributed by atoms with Crippen LogP contribution in [0.4, 0.5) is 4.39 Å². The second-order valence-electron chi connectivity index (χ2n) is 4.43. The van der Waals surface area contributed by atoms with E-state index in [2.05, 4.69) is 15.9 Å². The molecule has 1 aromatic carbocycles. The van der Waals surface area contributed by atoms with E-state index >= 15 is 0 Å². The Labute approximate surface area is 136 Å². The fraction of sp³-hybridized carbons (Fsp3) is 0.200. The van der Waals surface area contributed by atoms with Crippen molar-refractivity contribution < 1.29 is 13.9 Å². The number of hydrogen-bond donors (Lipinski definition) is 0. The molecule has 0 saturated carbocycles. The van der Waals surface area contributed by atoms with Crippen molar-refractivity contribution in [2.24, 2.45) is 0 Å². The maximum Gasteiger partial charge on any atom is 0.343 e. The Bertz CT molecular complexity index is 759. The summed E-state index contributed by atoms with van der Waals surface area (Å²) in [6.07, 6.45) is 0. The molecule has 0 saturated heterocycles. The molecule has 22 heavy (non-hydrogen) atoms. The summed E-state index contributed by atoms with van der Waals surface area (Å²) >= 11 is 3.27. The van der Waals surface area contributed by atoms with Crippen LogP contribution in [0.25, 0.3) is 5.69 Å². The van der Waals surface area contributed by atoms with Gasteiger partial charge in [0, 0.05) is 16.7 Å². The third kappa shape index (κ3) is 3.14. The number of alkyl halides is 1. The second-order valence-corrected chi connectivity index (χ2v) is 4.99. The molecule has 0 bridgehead atoms. The first-order chi connectivity index (χ1) is 10.5. The highest BCUT2D eigenvalue weighted by molar-refractivity contribution is 9.08. The van der Waals surface area contributed by atoms with Gasteiger partial charge in [-0.15, -0.1) is 0 Å². The molecule has 0 aliphatic heterocycles. The summed E-state index contributed by atoms with van der Waals surface area (Å²) in [6.45, 7) is 1.79. The molecular formula is C15H12BBrFNO3. The minimum Gasteiger partial charge on any atom is -0.462 e. The largest absolute Gasteiger partial charge is 0.462 e. The van der Waals surface area contributed by atoms with Crippen molar-refractivity contribution in [1.82, 2.24) is 4.57 Å². The number of rotatable bonds is 4. The van der Waals surface area contributed by atoms with E-state index in [-0.39, 0.29) is 17.6 Å². The number of carbonyl (C=O) groups is 1. The van der Waals surface area contributed by atoms with Crippen LogP contribution < -0.4 is 11.0 Å². The summed E-state index contributed by atoms with van der Waals surface area (Å²) in [5.74, 6) is -1.16. The molecule has 0 spiro atoms. The van der Waals surface area contributed by atoms with E-state index in [0.717, 1.165) is 0 Å². The van der Waals surface area contributed by atoms with Crippen molar-refractivity contribution in [3.63, 3.8) is 0 Å². The average molecular weight is 364 g/mol. The molecule has 112 valence electrons. The SMILES string of the molecule is [B]c1cc(C(=O)OCC)c(=O)n(-c2ccc(F)cc2)c1CBr. The maximum atomic E-state index is 13.1. The Morgan fingerprint density at radius 3 is 2.55 bits per heavy atom. The summed E-state index contributed by atoms with van der Waals surface area (Å²) in [5, 5.41) is 0.300. The van der Waals surface area contributed by atoms with E-state index in [4.69, 9.17) is 12.6 Å². The van der Waals surface area contributed by atoms with Gasteiger partial charge in [0.15, 0.2) is 0 Å². The lowest BCUT2D eigenvalue weighted by atomic mass is 9.92. The molecule has 0 unspecified atom stereocenters. The number of aromatic nitrogens is 1. The van der Waals surface area contributed by atoms with Crippen molar-refractivity contribution in [1.29, 1.82) is 0 Å². The van der Waals surface area contributed by atoms with Crippen molar-refractivity contribution in [3.05, 3.63) is 57.8 Å². The summed E-state index contributed by atoms with van der Waals surface area (Å²) in [7, 11) is 5.93. The highest BCUT2D eigenvalue weighted by Crippen LogP contribution is 2.12. The zero-order valence-corrected chi connectivity index (χ0v) is 13.4. The number of pyridine rings is 1. The van der Waals surface area contributed by atoms with Crippen LogP contribution >= 0.6 is 15.9 Å². The van der Waals surface area contributed by atoms with E-state index in [0.29, 0.717) is 16.7 Å². The number of carbonyl (C=O) groups excluding carboxylic acids is 1. The van der Waals surface area contributed by atoms with Crippen LogP contribution in [0.1, 0.15) is 23.0 Å². The lowest BCUT2D eigenvalue weighted by molar-refractivity contribution is 0.0524. The fourth-order valence-corrected chi connectivity index (χ4v) is 2.60. The summed E-state index contributed by atoms with van der Waals surface area (Å²) < 4.78 is 19.2. The number of ether oxygens (including phenoxy) is 1. The minimum absolute atomic E-state index is 0.148. The van der Waals surface area contributed by atoms with Crippen molar-refractivity contribution in [2.75, 3.05) is 6.61 Å². The van der Waals surface area contributed by atoms with Crippen LogP contribution in [-0.4, -0.2) is 25.0 Å². The number of benzene rings is 1. The quantitative estimate of drug-likeness (QED) is 0.473. The van der Waals surface area contributed by atoms with Gasteiger partial charge >= 0.3 is 5.97 Å². The number of esters is 1. The van der Waals surface area contributed by atoms with Crippen LogP contribution in [0, 0.1) is 5.82 Å². The Kier molecular flexibility index (Phi) is 5.18. The van der Waals surface area contributed by atoms with Crippen LogP contribution in [0.15, 0.2) is 35.1 Å². The van der Waals surface area contributed by atoms with Crippen LogP contribution in [0.3, 0.4) is 0 Å². The van der Waals surface area contributed by atoms with Crippen molar-refractivity contribution >= 4 is 35.2 Å². The molecule has 0 aliphatic rings. The summed E-state index contributed by atoms with van der Waals surface area (Å²) in [6, 6.07) is 6.64. The molecule has 0 amide bonds. The normalized spacial score (nSPS) is 10.5. The topological polar surface area (TPSA) is 48.3 Å². The van der Waals surface area contributed by atoms with E-state index in [1.807, 2.05) is 0 Å². The zero-order chi connectivity index (χ0) is 16.3. The maximum absolute atomic E-state index is 13.1. The van der Waals surface area contributed by atoms with E-state index in [1.165, 1.54) is 34.9 Å². The first kappa shape index (κ1) is 16.5. The van der Waals surface area contributed by atoms with Gasteiger partial charge in [-0.1, -0.05) is 21.4 Å². The standard InChI is InChI=1S/C15H12BBrFNO3/c1-2-22-15(21)11-7-12(16)13(8-17)19(14(11)20)10-5-3-9(18)4-6-10/h3-7H,2,8H2,1H3. The number of nitrogens with zero attached hydrogens (tertiary/aromatic N) is 1. The first-order valence-electron chi connectivity index (χ1n) is 6.53. The van der Waals surface area contributed by atoms with Gasteiger partial charge in [0.25, 0.3) is 5.56 Å². The van der Waals surface area contributed by atoms with Gasteiger partial charge in [-0.2, -0.15) is 0 Å². The highest BCUT2D eigenvalue weighted by atomic mass is 79.9. The molecule has 1 aromatic heterocycles. The third-order valence-corrected chi connectivity index (χ3v) is 3.57. The fourth-order valence-electron chi connectivity index (χ4n) is 2.03. The minimum atomic E-state index is -0.740. The van der Waals surface area contributed by atoms with Crippen molar-refractivity contribution in [2.45, 2.75) is 12.3 Å². The van der Waals surface area contributed by atoms with Gasteiger partial charge in [-0.25, -0.2) is 9.18 Å². The van der Waals surface area contributed by atoms with Crippen LogP contribution in [0.5, 0.6) is 0 Å². The molecule has 0 atom stereocenters. The molecular weight excluding hydrogens is 352 g/mol. The van der Waals surface area contributed by atoms with Gasteiger partial charge in [0.1, 0.15) is 19.2 Å². The Morgan fingerprint density at radius 2 is 2.00 bits per heavy atom.